The zero-order valence-electron chi connectivity index (χ0n) is 13.8. The molecule has 0 bridgehead atoms. The Morgan fingerprint density at radius 1 is 1.35 bits per heavy atom. The molecule has 0 aliphatic rings. The third-order valence-electron chi connectivity index (χ3n) is 3.37. The van der Waals surface area contributed by atoms with Gasteiger partial charge in [-0.1, -0.05) is 12.1 Å². The van der Waals surface area contributed by atoms with Gasteiger partial charge in [-0.2, -0.15) is 18.3 Å². The minimum Gasteiger partial charge on any atom is -0.323 e. The van der Waals surface area contributed by atoms with Crippen molar-refractivity contribution < 1.29 is 22.9 Å². The number of thioether (sulfide) groups is 1. The van der Waals surface area contributed by atoms with E-state index in [4.69, 9.17) is 0 Å². The van der Waals surface area contributed by atoms with Crippen LogP contribution >= 0.6 is 11.8 Å². The Bertz CT molecular complexity index is 836. The van der Waals surface area contributed by atoms with Crippen LogP contribution < -0.4 is 5.32 Å². The van der Waals surface area contributed by atoms with Crippen molar-refractivity contribution in [2.45, 2.75) is 31.5 Å². The predicted octanol–water partition coefficient (Wildman–Crippen LogP) is 3.70. The number of benzene rings is 1. The van der Waals surface area contributed by atoms with Crippen LogP contribution in [0, 0.1) is 24.0 Å². The molecule has 0 spiro atoms. The van der Waals surface area contributed by atoms with Crippen LogP contribution in [0.15, 0.2) is 29.2 Å². The van der Waals surface area contributed by atoms with Gasteiger partial charge in [0.2, 0.25) is 5.91 Å². The fourth-order valence-corrected chi connectivity index (χ4v) is 3.06. The molecule has 11 heteroatoms. The minimum absolute atomic E-state index is 0.168. The molecule has 0 aliphatic heterocycles. The number of aromatic nitrogens is 2. The second-order valence-corrected chi connectivity index (χ2v) is 6.40. The summed E-state index contributed by atoms with van der Waals surface area (Å²) in [7, 11) is 0. The van der Waals surface area contributed by atoms with Gasteiger partial charge < -0.3 is 5.32 Å². The highest BCUT2D eigenvalue weighted by Crippen LogP contribution is 2.32. The molecule has 0 radical (unpaired) electrons. The van der Waals surface area contributed by atoms with Gasteiger partial charge >= 0.3 is 11.9 Å². The zero-order chi connectivity index (χ0) is 19.5. The normalized spacial score (nSPS) is 11.4. The Kier molecular flexibility index (Phi) is 5.90. The minimum atomic E-state index is -4.33. The Hall–Kier alpha value is -2.56. The van der Waals surface area contributed by atoms with Crippen molar-refractivity contribution in [1.82, 2.24) is 9.78 Å². The summed E-state index contributed by atoms with van der Waals surface area (Å²) in [5.41, 5.74) is 0.477. The average molecular weight is 388 g/mol. The van der Waals surface area contributed by atoms with Crippen LogP contribution in [-0.4, -0.2) is 32.5 Å². The van der Waals surface area contributed by atoms with E-state index < -0.39 is 22.8 Å². The number of anilines is 1. The van der Waals surface area contributed by atoms with Crippen molar-refractivity contribution in [2.24, 2.45) is 0 Å². The number of carbonyl (C=O) groups is 1. The smallest absolute Gasteiger partial charge is 0.323 e. The van der Waals surface area contributed by atoms with E-state index in [1.165, 1.54) is 30.7 Å². The highest BCUT2D eigenvalue weighted by molar-refractivity contribution is 7.99. The zero-order valence-corrected chi connectivity index (χ0v) is 14.6. The van der Waals surface area contributed by atoms with Gasteiger partial charge in [0, 0.05) is 4.90 Å². The Balaban J connectivity index is 2.12. The maximum Gasteiger partial charge on any atom is 0.398 e. The third-order valence-corrected chi connectivity index (χ3v) is 4.51. The van der Waals surface area contributed by atoms with Gasteiger partial charge in [-0.3, -0.25) is 19.6 Å². The number of nitrogens with one attached hydrogen (secondary N) is 1. The van der Waals surface area contributed by atoms with Crippen LogP contribution in [0.2, 0.25) is 0 Å². The van der Waals surface area contributed by atoms with Crippen molar-refractivity contribution >= 4 is 29.0 Å². The summed E-state index contributed by atoms with van der Waals surface area (Å²) in [5, 5.41) is 17.5. The number of nitro groups is 1. The number of alkyl halides is 3. The number of rotatable bonds is 6. The summed E-state index contributed by atoms with van der Waals surface area (Å²) < 4.78 is 38.4. The predicted molar refractivity (Wildman–Crippen MR) is 90.2 cm³/mol. The number of carbonyl (C=O) groups excluding carboxylic acids is 1. The van der Waals surface area contributed by atoms with E-state index in [-0.39, 0.29) is 34.2 Å². The van der Waals surface area contributed by atoms with Crippen molar-refractivity contribution in [3.05, 3.63) is 45.8 Å². The van der Waals surface area contributed by atoms with Crippen LogP contribution in [0.3, 0.4) is 0 Å². The molecule has 140 valence electrons. The van der Waals surface area contributed by atoms with Gasteiger partial charge in [0.25, 0.3) is 0 Å². The van der Waals surface area contributed by atoms with E-state index in [1.807, 2.05) is 0 Å². The first kappa shape index (κ1) is 19.8. The lowest BCUT2D eigenvalue weighted by Gasteiger charge is -2.12. The highest BCUT2D eigenvalue weighted by Gasteiger charge is 2.28. The highest BCUT2D eigenvalue weighted by atomic mass is 32.2. The van der Waals surface area contributed by atoms with E-state index >= 15 is 0 Å². The summed E-state index contributed by atoms with van der Waals surface area (Å²) >= 11 is 0.564. The maximum absolute atomic E-state index is 12.4. The van der Waals surface area contributed by atoms with E-state index in [0.29, 0.717) is 11.8 Å². The molecule has 7 nitrogen and oxygen atoms in total. The van der Waals surface area contributed by atoms with E-state index in [2.05, 4.69) is 10.4 Å². The van der Waals surface area contributed by atoms with Gasteiger partial charge in [-0.15, -0.1) is 11.8 Å². The standard InChI is InChI=1S/C15H15F3N4O3S/c1-9-14(22(24)25)10(2)21(20-9)7-13(23)19-11-5-3-4-6-12(11)26-8-15(16,17)18/h3-6H,7-8H2,1-2H3,(H,19,23). The van der Waals surface area contributed by atoms with E-state index in [0.717, 1.165) is 0 Å². The monoisotopic (exact) mass is 388 g/mol. The molecule has 1 aromatic carbocycles. The summed E-state index contributed by atoms with van der Waals surface area (Å²) in [6.45, 7) is 2.64. The molecule has 2 rings (SSSR count). The van der Waals surface area contributed by atoms with Gasteiger partial charge in [-0.25, -0.2) is 0 Å². The van der Waals surface area contributed by atoms with Gasteiger partial charge in [0.1, 0.15) is 17.9 Å². The maximum atomic E-state index is 12.4. The summed E-state index contributed by atoms with van der Waals surface area (Å²) in [6, 6.07) is 6.11. The molecule has 26 heavy (non-hydrogen) atoms. The van der Waals surface area contributed by atoms with Crippen LogP contribution in [0.25, 0.3) is 0 Å². The molecule has 2 aromatic rings. The molecule has 0 unspecified atom stereocenters. The van der Waals surface area contributed by atoms with Crippen molar-refractivity contribution in [1.29, 1.82) is 0 Å². The number of halogens is 3. The Morgan fingerprint density at radius 2 is 2.00 bits per heavy atom. The van der Waals surface area contributed by atoms with Gasteiger partial charge in [0.15, 0.2) is 0 Å². The number of hydrogen-bond acceptors (Lipinski definition) is 5. The van der Waals surface area contributed by atoms with Crippen LogP contribution in [0.4, 0.5) is 24.5 Å². The Labute approximate surface area is 150 Å². The van der Waals surface area contributed by atoms with E-state index in [1.54, 1.807) is 12.1 Å². The van der Waals surface area contributed by atoms with Gasteiger partial charge in [-0.05, 0) is 26.0 Å². The van der Waals surface area contributed by atoms with E-state index in [9.17, 15) is 28.1 Å². The third kappa shape index (κ3) is 4.97. The first-order valence-electron chi connectivity index (χ1n) is 7.35. The summed E-state index contributed by atoms with van der Waals surface area (Å²) in [5.74, 6) is -1.63. The number of amides is 1. The fourth-order valence-electron chi connectivity index (χ4n) is 2.29. The quantitative estimate of drug-likeness (QED) is 0.463. The van der Waals surface area contributed by atoms with Crippen molar-refractivity contribution in [3.63, 3.8) is 0 Å². The van der Waals surface area contributed by atoms with Crippen LogP contribution in [-0.2, 0) is 11.3 Å². The molecular weight excluding hydrogens is 373 g/mol. The summed E-state index contributed by atoms with van der Waals surface area (Å²) in [6.07, 6.45) is -4.33. The summed E-state index contributed by atoms with van der Waals surface area (Å²) in [4.78, 5) is 22.9. The lowest BCUT2D eigenvalue weighted by Crippen LogP contribution is -2.21. The van der Waals surface area contributed by atoms with Gasteiger partial charge in [0.05, 0.1) is 16.4 Å². The second-order valence-electron chi connectivity index (χ2n) is 5.38. The lowest BCUT2D eigenvalue weighted by atomic mass is 10.3. The molecule has 0 aliphatic carbocycles. The molecular formula is C15H15F3N4O3S. The first-order chi connectivity index (χ1) is 12.1. The lowest BCUT2D eigenvalue weighted by molar-refractivity contribution is -0.386. The molecule has 1 amide bonds. The largest absolute Gasteiger partial charge is 0.398 e. The molecule has 1 aromatic heterocycles. The SMILES string of the molecule is Cc1nn(CC(=O)Nc2ccccc2SCC(F)(F)F)c(C)c1[N+](=O)[O-]. The molecule has 1 heterocycles. The number of aryl methyl sites for hydroxylation is 1. The number of para-hydroxylation sites is 1. The van der Waals surface area contributed by atoms with Crippen LogP contribution in [0.5, 0.6) is 0 Å². The van der Waals surface area contributed by atoms with Crippen molar-refractivity contribution in [3.8, 4) is 0 Å². The molecule has 0 atom stereocenters. The number of nitrogens with zero attached hydrogens (tertiary/aromatic N) is 3. The Morgan fingerprint density at radius 3 is 2.58 bits per heavy atom. The van der Waals surface area contributed by atoms with Crippen molar-refractivity contribution in [2.75, 3.05) is 11.1 Å². The molecule has 0 saturated carbocycles. The molecule has 0 saturated heterocycles. The average Bonchev–Trinajstić information content (AvgIpc) is 2.79. The van der Waals surface area contributed by atoms with Crippen LogP contribution in [0.1, 0.15) is 11.4 Å². The topological polar surface area (TPSA) is 90.1 Å². The number of hydrogen-bond donors (Lipinski definition) is 1. The fraction of sp³-hybridized carbons (Fsp3) is 0.333. The molecule has 1 N–H and O–H groups in total. The first-order valence-corrected chi connectivity index (χ1v) is 8.34. The molecule has 0 fully saturated rings. The second kappa shape index (κ2) is 7.77.